The van der Waals surface area contributed by atoms with Gasteiger partial charge in [-0.25, -0.2) is 0 Å². The monoisotopic (exact) mass is 292 g/mol. The van der Waals surface area contributed by atoms with E-state index in [1.165, 1.54) is 11.1 Å². The molecule has 0 amide bonds. The van der Waals surface area contributed by atoms with Crippen LogP contribution in [0.4, 0.5) is 0 Å². The Balaban J connectivity index is 3.01. The van der Waals surface area contributed by atoms with Gasteiger partial charge < -0.3 is 0 Å². The second kappa shape index (κ2) is 7.62. The number of hydrogen-bond acceptors (Lipinski definition) is 1. The van der Waals surface area contributed by atoms with Crippen LogP contribution in [-0.4, -0.2) is 12.0 Å². The summed E-state index contributed by atoms with van der Waals surface area (Å²) in [6.45, 7) is 12.5. The summed E-state index contributed by atoms with van der Waals surface area (Å²) in [6.07, 6.45) is 5.18. The second-order valence-corrected chi connectivity index (χ2v) is 5.91. The van der Waals surface area contributed by atoms with E-state index in [-0.39, 0.29) is 0 Å². The van der Waals surface area contributed by atoms with E-state index in [1.807, 2.05) is 30.8 Å². The first kappa shape index (κ1) is 16.1. The first-order valence-corrected chi connectivity index (χ1v) is 8.07. The molecule has 0 aliphatic rings. The van der Waals surface area contributed by atoms with E-state index in [2.05, 4.69) is 38.5 Å². The highest BCUT2D eigenvalue weighted by atomic mass is 35.5. The first-order valence-electron chi connectivity index (χ1n) is 6.30. The minimum Gasteiger partial charge on any atom is -0.165 e. The lowest BCUT2D eigenvalue weighted by atomic mass is 9.90. The van der Waals surface area contributed by atoms with Crippen molar-refractivity contribution in [2.75, 3.05) is 12.0 Å². The fraction of sp³-hybridized carbons (Fsp3) is 0.294. The summed E-state index contributed by atoms with van der Waals surface area (Å²) >= 11 is 7.84. The number of allylic oxidation sites excluding steroid dienone is 4. The summed E-state index contributed by atoms with van der Waals surface area (Å²) < 4.78 is 0. The Morgan fingerprint density at radius 3 is 2.58 bits per heavy atom. The van der Waals surface area contributed by atoms with Crippen LogP contribution in [-0.2, 0) is 0 Å². The smallest absolute Gasteiger partial charge is 0.0409 e. The minimum atomic E-state index is 0.767. The van der Waals surface area contributed by atoms with E-state index in [1.54, 1.807) is 0 Å². The largest absolute Gasteiger partial charge is 0.165 e. The summed E-state index contributed by atoms with van der Waals surface area (Å²) in [5, 5.41) is 0.767. The van der Waals surface area contributed by atoms with E-state index in [0.717, 1.165) is 33.9 Å². The fourth-order valence-electron chi connectivity index (χ4n) is 1.99. The van der Waals surface area contributed by atoms with E-state index >= 15 is 0 Å². The molecule has 0 saturated heterocycles. The Kier molecular flexibility index (Phi) is 6.47. The van der Waals surface area contributed by atoms with Crippen LogP contribution >= 0.6 is 23.4 Å². The second-order valence-electron chi connectivity index (χ2n) is 4.49. The molecule has 0 N–H and O–H groups in total. The number of halogens is 1. The normalized spacial score (nSPS) is 11.5. The Hall–Kier alpha value is -0.920. The molecule has 0 saturated carbocycles. The highest BCUT2D eigenvalue weighted by molar-refractivity contribution is 7.98. The SMILES string of the molecule is C=C(CCSC)C(=C)/C(=C/C)c1ccc(Cl)cc1C. The van der Waals surface area contributed by atoms with Gasteiger partial charge in [-0.05, 0) is 72.3 Å². The molecule has 19 heavy (non-hydrogen) atoms. The van der Waals surface area contributed by atoms with E-state index in [0.29, 0.717) is 0 Å². The van der Waals surface area contributed by atoms with Crippen LogP contribution in [0.1, 0.15) is 24.5 Å². The van der Waals surface area contributed by atoms with Crippen LogP contribution in [0.3, 0.4) is 0 Å². The Labute approximate surface area is 126 Å². The predicted molar refractivity (Wildman–Crippen MR) is 91.1 cm³/mol. The van der Waals surface area contributed by atoms with Crippen LogP contribution in [0, 0.1) is 6.92 Å². The van der Waals surface area contributed by atoms with E-state index < -0.39 is 0 Å². The molecule has 0 aliphatic carbocycles. The molecule has 0 nitrogen and oxygen atoms in total. The van der Waals surface area contributed by atoms with Crippen LogP contribution < -0.4 is 0 Å². The van der Waals surface area contributed by atoms with Crippen LogP contribution in [0.15, 0.2) is 48.6 Å². The Morgan fingerprint density at radius 1 is 1.37 bits per heavy atom. The van der Waals surface area contributed by atoms with E-state index in [9.17, 15) is 0 Å². The molecule has 0 atom stereocenters. The third-order valence-corrected chi connectivity index (χ3v) is 3.97. The summed E-state index contributed by atoms with van der Waals surface area (Å²) in [4.78, 5) is 0. The molecule has 0 unspecified atom stereocenters. The molecule has 102 valence electrons. The molecule has 0 fully saturated rings. The molecule has 0 heterocycles. The molecule has 1 rings (SSSR count). The van der Waals surface area contributed by atoms with Gasteiger partial charge in [0.1, 0.15) is 0 Å². The Bertz CT molecular complexity index is 512. The average Bonchev–Trinajstić information content (AvgIpc) is 2.38. The number of benzene rings is 1. The standard InChI is InChI=1S/C17H21ClS/c1-6-16(14(4)12(2)9-10-19-5)17-8-7-15(18)11-13(17)3/h6-8,11H,2,4,9-10H2,1,3,5H3/b16-6-. The zero-order valence-corrected chi connectivity index (χ0v) is 13.5. The van der Waals surface area contributed by atoms with Crippen LogP contribution in [0.5, 0.6) is 0 Å². The number of aryl methyl sites for hydroxylation is 1. The topological polar surface area (TPSA) is 0 Å². The lowest BCUT2D eigenvalue weighted by Crippen LogP contribution is -1.96. The maximum absolute atomic E-state index is 6.01. The van der Waals surface area contributed by atoms with Gasteiger partial charge in [0, 0.05) is 5.02 Å². The lowest BCUT2D eigenvalue weighted by Gasteiger charge is -2.15. The van der Waals surface area contributed by atoms with Crippen molar-refractivity contribution >= 4 is 28.9 Å². The first-order chi connectivity index (χ1) is 9.01. The number of rotatable bonds is 6. The average molecular weight is 293 g/mol. The number of thioether (sulfide) groups is 1. The van der Waals surface area contributed by atoms with Gasteiger partial charge in [-0.3, -0.25) is 0 Å². The molecular formula is C17H21ClS. The number of hydrogen-bond donors (Lipinski definition) is 0. The van der Waals surface area contributed by atoms with Gasteiger partial charge in [0.25, 0.3) is 0 Å². The van der Waals surface area contributed by atoms with Crippen molar-refractivity contribution in [3.05, 3.63) is 64.7 Å². The van der Waals surface area contributed by atoms with Gasteiger partial charge in [0.05, 0.1) is 0 Å². The molecule has 1 aromatic rings. The maximum Gasteiger partial charge on any atom is 0.0409 e. The van der Waals surface area contributed by atoms with Crippen molar-refractivity contribution in [1.29, 1.82) is 0 Å². The van der Waals surface area contributed by atoms with Crippen molar-refractivity contribution in [2.24, 2.45) is 0 Å². The van der Waals surface area contributed by atoms with Gasteiger partial charge in [0.2, 0.25) is 0 Å². The molecular weight excluding hydrogens is 272 g/mol. The summed E-state index contributed by atoms with van der Waals surface area (Å²) in [5.41, 5.74) is 5.64. The fourth-order valence-corrected chi connectivity index (χ4v) is 2.67. The molecule has 0 bridgehead atoms. The summed E-state index contributed by atoms with van der Waals surface area (Å²) in [5.74, 6) is 1.08. The van der Waals surface area contributed by atoms with Crippen molar-refractivity contribution in [1.82, 2.24) is 0 Å². The van der Waals surface area contributed by atoms with Crippen molar-refractivity contribution in [3.8, 4) is 0 Å². The molecule has 0 aromatic heterocycles. The third kappa shape index (κ3) is 4.29. The molecule has 0 spiro atoms. The van der Waals surface area contributed by atoms with Gasteiger partial charge in [-0.15, -0.1) is 0 Å². The lowest BCUT2D eigenvalue weighted by molar-refractivity contribution is 1.16. The van der Waals surface area contributed by atoms with Gasteiger partial charge >= 0.3 is 0 Å². The Morgan fingerprint density at radius 2 is 2.05 bits per heavy atom. The molecule has 2 heteroatoms. The minimum absolute atomic E-state index is 0.767. The van der Waals surface area contributed by atoms with Crippen molar-refractivity contribution in [2.45, 2.75) is 20.3 Å². The summed E-state index contributed by atoms with van der Waals surface area (Å²) in [7, 11) is 0. The highest BCUT2D eigenvalue weighted by Gasteiger charge is 2.11. The quantitative estimate of drug-likeness (QED) is 0.587. The zero-order valence-electron chi connectivity index (χ0n) is 11.9. The van der Waals surface area contributed by atoms with Crippen molar-refractivity contribution in [3.63, 3.8) is 0 Å². The van der Waals surface area contributed by atoms with Crippen molar-refractivity contribution < 1.29 is 0 Å². The van der Waals surface area contributed by atoms with Gasteiger partial charge in [0.15, 0.2) is 0 Å². The molecule has 0 aliphatic heterocycles. The predicted octanol–water partition coefficient (Wildman–Crippen LogP) is 5.92. The summed E-state index contributed by atoms with van der Waals surface area (Å²) in [6, 6.07) is 5.96. The maximum atomic E-state index is 6.01. The third-order valence-electron chi connectivity index (χ3n) is 3.13. The van der Waals surface area contributed by atoms with Crippen LogP contribution in [0.2, 0.25) is 5.02 Å². The zero-order chi connectivity index (χ0) is 14.4. The highest BCUT2D eigenvalue weighted by Crippen LogP contribution is 2.31. The van der Waals surface area contributed by atoms with Crippen LogP contribution in [0.25, 0.3) is 5.57 Å². The van der Waals surface area contributed by atoms with Gasteiger partial charge in [-0.1, -0.05) is 36.9 Å². The molecule has 1 aromatic carbocycles. The molecule has 0 radical (unpaired) electrons. The van der Waals surface area contributed by atoms with E-state index in [4.69, 9.17) is 11.6 Å². The van der Waals surface area contributed by atoms with Gasteiger partial charge in [-0.2, -0.15) is 11.8 Å².